The molecule has 1 heterocycles. The number of azo groups is 1. The van der Waals surface area contributed by atoms with Gasteiger partial charge in [-0.05, 0) is 22.0 Å². The number of hydrogen-bond donors (Lipinski definition) is 0. The minimum Gasteiger partial charge on any atom is -0.341 e. The average Bonchev–Trinajstić information content (AvgIpc) is 3.17. The lowest BCUT2D eigenvalue weighted by Gasteiger charge is -2.17. The van der Waals surface area contributed by atoms with Crippen LogP contribution in [0.5, 0.6) is 0 Å². The van der Waals surface area contributed by atoms with Crippen molar-refractivity contribution in [3.63, 3.8) is 0 Å². The first-order valence-corrected chi connectivity index (χ1v) is 10.5. The Balaban J connectivity index is 2.02. The third-order valence-electron chi connectivity index (χ3n) is 4.01. The predicted octanol–water partition coefficient (Wildman–Crippen LogP) is 7.07. The highest BCUT2D eigenvalue weighted by Crippen LogP contribution is 2.41. The molecule has 0 aliphatic heterocycles. The molecule has 9 heteroatoms. The van der Waals surface area contributed by atoms with Crippen LogP contribution >= 0.6 is 27.3 Å². The number of thiazole rings is 1. The molecule has 1 aromatic heterocycles. The molecule has 0 saturated carbocycles. The SMILES string of the molecule is C=CCN(CC=C)c1nc(-c2ccccc2)c(/N=N/c2ccc([N+](=O)[O-])cc2Br)s1. The van der Waals surface area contributed by atoms with Gasteiger partial charge in [0.1, 0.15) is 11.4 Å². The van der Waals surface area contributed by atoms with Crippen LogP contribution in [0.15, 0.2) is 88.5 Å². The minimum absolute atomic E-state index is 0.0182. The molecule has 3 aromatic rings. The molecular weight excluding hydrogens is 466 g/mol. The van der Waals surface area contributed by atoms with Gasteiger partial charge in [-0.25, -0.2) is 4.98 Å². The molecule has 0 saturated heterocycles. The topological polar surface area (TPSA) is 84.0 Å². The van der Waals surface area contributed by atoms with Crippen LogP contribution in [0.4, 0.5) is 21.5 Å². The van der Waals surface area contributed by atoms with Gasteiger partial charge >= 0.3 is 0 Å². The Kier molecular flexibility index (Phi) is 7.21. The van der Waals surface area contributed by atoms with Gasteiger partial charge in [-0.1, -0.05) is 53.8 Å². The molecule has 0 fully saturated rings. The van der Waals surface area contributed by atoms with Crippen molar-refractivity contribution in [2.45, 2.75) is 0 Å². The van der Waals surface area contributed by atoms with Crippen LogP contribution in [0.2, 0.25) is 0 Å². The van der Waals surface area contributed by atoms with E-state index in [9.17, 15) is 10.1 Å². The molecule has 0 spiro atoms. The summed E-state index contributed by atoms with van der Waals surface area (Å²) in [6.45, 7) is 8.86. The second-order valence-corrected chi connectivity index (χ2v) is 7.90. The van der Waals surface area contributed by atoms with E-state index in [-0.39, 0.29) is 5.69 Å². The standard InChI is InChI=1S/C21H18BrN5O2S/c1-3-12-26(13-4-2)21-23-19(15-8-6-5-7-9-15)20(30-21)25-24-18-11-10-16(27(28)29)14-17(18)22/h3-11,14H,1-2,12-13H2/b25-24+. The van der Waals surface area contributed by atoms with Crippen molar-refractivity contribution in [2.24, 2.45) is 10.2 Å². The van der Waals surface area contributed by atoms with Crippen molar-refractivity contribution in [2.75, 3.05) is 18.0 Å². The summed E-state index contributed by atoms with van der Waals surface area (Å²) in [5.74, 6) is 0. The van der Waals surface area contributed by atoms with Crippen molar-refractivity contribution in [3.05, 3.63) is 88.4 Å². The second-order valence-electron chi connectivity index (χ2n) is 6.09. The number of nitro benzene ring substituents is 1. The van der Waals surface area contributed by atoms with Crippen LogP contribution in [0.25, 0.3) is 11.3 Å². The second kappa shape index (κ2) is 10.0. The van der Waals surface area contributed by atoms with Crippen molar-refractivity contribution in [3.8, 4) is 11.3 Å². The number of nitrogens with zero attached hydrogens (tertiary/aromatic N) is 5. The van der Waals surface area contributed by atoms with Crippen LogP contribution in [-0.4, -0.2) is 23.0 Å². The Hall–Kier alpha value is -3.17. The highest BCUT2D eigenvalue weighted by molar-refractivity contribution is 9.10. The smallest absolute Gasteiger partial charge is 0.270 e. The zero-order chi connectivity index (χ0) is 21.5. The predicted molar refractivity (Wildman–Crippen MR) is 125 cm³/mol. The van der Waals surface area contributed by atoms with Gasteiger partial charge in [-0.2, -0.15) is 0 Å². The summed E-state index contributed by atoms with van der Waals surface area (Å²) < 4.78 is 0.492. The normalized spacial score (nSPS) is 10.8. The lowest BCUT2D eigenvalue weighted by molar-refractivity contribution is -0.384. The number of hydrogen-bond acceptors (Lipinski definition) is 7. The van der Waals surface area contributed by atoms with Crippen molar-refractivity contribution in [1.29, 1.82) is 0 Å². The molecule has 2 aromatic carbocycles. The van der Waals surface area contributed by atoms with Crippen molar-refractivity contribution in [1.82, 2.24) is 4.98 Å². The van der Waals surface area contributed by atoms with Gasteiger partial charge < -0.3 is 4.90 Å². The van der Waals surface area contributed by atoms with E-state index in [2.05, 4.69) is 39.3 Å². The Morgan fingerprint density at radius 3 is 2.43 bits per heavy atom. The van der Waals surface area contributed by atoms with Gasteiger partial charge in [-0.15, -0.1) is 23.4 Å². The summed E-state index contributed by atoms with van der Waals surface area (Å²) in [6.07, 6.45) is 3.62. The molecule has 0 amide bonds. The maximum absolute atomic E-state index is 10.9. The molecule has 0 aliphatic carbocycles. The van der Waals surface area contributed by atoms with E-state index in [1.54, 1.807) is 6.07 Å². The average molecular weight is 484 g/mol. The number of non-ortho nitro benzene ring substituents is 1. The monoisotopic (exact) mass is 483 g/mol. The van der Waals surface area contributed by atoms with Gasteiger partial charge in [0.15, 0.2) is 10.1 Å². The third kappa shape index (κ3) is 5.05. The van der Waals surface area contributed by atoms with Crippen LogP contribution in [0, 0.1) is 10.1 Å². The maximum atomic E-state index is 10.9. The first kappa shape index (κ1) is 21.5. The molecule has 0 atom stereocenters. The molecule has 0 radical (unpaired) electrons. The molecule has 0 bridgehead atoms. The van der Waals surface area contributed by atoms with E-state index in [4.69, 9.17) is 4.98 Å². The lowest BCUT2D eigenvalue weighted by Crippen LogP contribution is -2.22. The fourth-order valence-corrected chi connectivity index (χ4v) is 4.00. The molecule has 0 unspecified atom stereocenters. The summed E-state index contributed by atoms with van der Waals surface area (Å²) in [5, 5.41) is 21.1. The Morgan fingerprint density at radius 2 is 1.83 bits per heavy atom. The highest BCUT2D eigenvalue weighted by atomic mass is 79.9. The number of nitro groups is 1. The maximum Gasteiger partial charge on any atom is 0.270 e. The van der Waals surface area contributed by atoms with Gasteiger partial charge in [0.25, 0.3) is 5.69 Å². The van der Waals surface area contributed by atoms with E-state index in [1.165, 1.54) is 23.5 Å². The minimum atomic E-state index is -0.456. The quantitative estimate of drug-likeness (QED) is 0.141. The molecule has 30 heavy (non-hydrogen) atoms. The van der Waals surface area contributed by atoms with Gasteiger partial charge in [0.05, 0.1) is 9.40 Å². The largest absolute Gasteiger partial charge is 0.341 e. The summed E-state index contributed by atoms with van der Waals surface area (Å²) in [5.41, 5.74) is 2.11. The Bertz CT molecular complexity index is 1090. The van der Waals surface area contributed by atoms with E-state index in [0.717, 1.165) is 16.4 Å². The zero-order valence-electron chi connectivity index (χ0n) is 15.9. The fraction of sp³-hybridized carbons (Fsp3) is 0.0952. The molecule has 3 rings (SSSR count). The molecule has 0 aliphatic rings. The van der Waals surface area contributed by atoms with Gasteiger partial charge in [-0.3, -0.25) is 10.1 Å². The highest BCUT2D eigenvalue weighted by Gasteiger charge is 2.17. The van der Waals surface area contributed by atoms with Crippen LogP contribution in [0.3, 0.4) is 0 Å². The number of anilines is 1. The fourth-order valence-electron chi connectivity index (χ4n) is 2.62. The van der Waals surface area contributed by atoms with Crippen molar-refractivity contribution < 1.29 is 4.92 Å². The van der Waals surface area contributed by atoms with E-state index >= 15 is 0 Å². The van der Waals surface area contributed by atoms with E-state index in [1.807, 2.05) is 47.4 Å². The van der Waals surface area contributed by atoms with Crippen molar-refractivity contribution >= 4 is 48.8 Å². The van der Waals surface area contributed by atoms with Crippen LogP contribution in [0.1, 0.15) is 0 Å². The van der Waals surface area contributed by atoms with Crippen LogP contribution in [-0.2, 0) is 0 Å². The summed E-state index contributed by atoms with van der Waals surface area (Å²) in [7, 11) is 0. The number of halogens is 1. The number of rotatable bonds is 9. The Morgan fingerprint density at radius 1 is 1.13 bits per heavy atom. The lowest BCUT2D eigenvalue weighted by atomic mass is 10.2. The molecular formula is C21H18BrN5O2S. The van der Waals surface area contributed by atoms with Gasteiger partial charge in [0.2, 0.25) is 0 Å². The number of benzene rings is 2. The summed E-state index contributed by atoms with van der Waals surface area (Å²) >= 11 is 4.73. The van der Waals surface area contributed by atoms with E-state index in [0.29, 0.717) is 28.3 Å². The zero-order valence-corrected chi connectivity index (χ0v) is 18.3. The first-order chi connectivity index (χ1) is 14.5. The third-order valence-corrected chi connectivity index (χ3v) is 5.64. The summed E-state index contributed by atoms with van der Waals surface area (Å²) in [6, 6.07) is 14.1. The van der Waals surface area contributed by atoms with E-state index < -0.39 is 4.92 Å². The summed E-state index contributed by atoms with van der Waals surface area (Å²) in [4.78, 5) is 17.3. The molecule has 7 nitrogen and oxygen atoms in total. The van der Waals surface area contributed by atoms with Crippen LogP contribution < -0.4 is 4.90 Å². The number of aromatic nitrogens is 1. The van der Waals surface area contributed by atoms with Gasteiger partial charge in [0, 0.05) is 30.8 Å². The first-order valence-electron chi connectivity index (χ1n) is 8.92. The molecule has 152 valence electrons. The Labute approximate surface area is 186 Å². The molecule has 0 N–H and O–H groups in total.